The van der Waals surface area contributed by atoms with Gasteiger partial charge in [-0.25, -0.2) is 0 Å². The van der Waals surface area contributed by atoms with E-state index in [1.165, 1.54) is 0 Å². The molecule has 0 aliphatic heterocycles. The van der Waals surface area contributed by atoms with Crippen molar-refractivity contribution in [2.75, 3.05) is 6.61 Å². The Balaban J connectivity index is 3.45. The van der Waals surface area contributed by atoms with Crippen LogP contribution in [0.3, 0.4) is 0 Å². The third-order valence-electron chi connectivity index (χ3n) is 0.982. The molecule has 0 heterocycles. The van der Waals surface area contributed by atoms with E-state index in [1.54, 1.807) is 6.92 Å². The molecule has 0 spiro atoms. The van der Waals surface area contributed by atoms with E-state index in [0.717, 1.165) is 0 Å². The van der Waals surface area contributed by atoms with E-state index in [0.29, 0.717) is 11.9 Å². The minimum atomic E-state index is -0.892. The summed E-state index contributed by atoms with van der Waals surface area (Å²) in [4.78, 5) is 10.2. The SMILES string of the molecule is CC(COB(I)SO)C(=O)O. The van der Waals surface area contributed by atoms with Gasteiger partial charge in [0, 0.05) is 6.61 Å². The van der Waals surface area contributed by atoms with Crippen molar-refractivity contribution in [3.63, 3.8) is 0 Å². The Morgan fingerprint density at radius 3 is 2.82 bits per heavy atom. The van der Waals surface area contributed by atoms with Crippen LogP contribution in [0, 0.1) is 5.92 Å². The molecule has 1 atom stereocenters. The Labute approximate surface area is 82.8 Å². The van der Waals surface area contributed by atoms with Crippen molar-refractivity contribution in [1.82, 2.24) is 0 Å². The number of rotatable bonds is 5. The number of aliphatic carboxylic acids is 1. The number of carboxylic acid groups (broad SMARTS) is 1. The van der Waals surface area contributed by atoms with Gasteiger partial charge in [0.15, 0.2) is 0 Å². The Hall–Kier alpha value is 0.535. The van der Waals surface area contributed by atoms with E-state index >= 15 is 0 Å². The van der Waals surface area contributed by atoms with E-state index < -0.39 is 15.9 Å². The third kappa shape index (κ3) is 5.77. The Bertz CT molecular complexity index is 135. The molecule has 0 saturated carbocycles. The van der Waals surface area contributed by atoms with Crippen LogP contribution >= 0.6 is 34.3 Å². The van der Waals surface area contributed by atoms with Crippen molar-refractivity contribution in [1.29, 1.82) is 0 Å². The molecule has 64 valence electrons. The summed E-state index contributed by atoms with van der Waals surface area (Å²) in [5.41, 5.74) is 0. The first kappa shape index (κ1) is 11.5. The van der Waals surface area contributed by atoms with Crippen LogP contribution in [0.5, 0.6) is 0 Å². The van der Waals surface area contributed by atoms with Gasteiger partial charge in [0.25, 0.3) is 0 Å². The zero-order valence-electron chi connectivity index (χ0n) is 5.86. The van der Waals surface area contributed by atoms with Crippen LogP contribution in [0.25, 0.3) is 0 Å². The fourth-order valence-corrected chi connectivity index (χ4v) is 0.669. The number of hydrogen-bond acceptors (Lipinski definition) is 4. The largest absolute Gasteiger partial charge is 0.481 e. The Morgan fingerprint density at radius 2 is 2.45 bits per heavy atom. The fourth-order valence-electron chi connectivity index (χ4n) is 0.322. The van der Waals surface area contributed by atoms with Gasteiger partial charge in [0.1, 0.15) is 0 Å². The number of hydrogen-bond donors (Lipinski definition) is 2. The number of halogens is 1. The van der Waals surface area contributed by atoms with E-state index in [2.05, 4.69) is 0 Å². The summed E-state index contributed by atoms with van der Waals surface area (Å²) < 4.78 is 13.0. The van der Waals surface area contributed by atoms with Crippen LogP contribution in [-0.2, 0) is 9.45 Å². The average Bonchev–Trinajstić information content (AvgIpc) is 1.99. The van der Waals surface area contributed by atoms with Gasteiger partial charge in [-0.2, -0.15) is 0 Å². The average molecular weight is 290 g/mol. The second kappa shape index (κ2) is 6.10. The first-order chi connectivity index (χ1) is 5.07. The first-order valence-corrected chi connectivity index (χ1v) is 4.95. The fraction of sp³-hybridized carbons (Fsp3) is 0.750. The zero-order chi connectivity index (χ0) is 8.85. The lowest BCUT2D eigenvalue weighted by Crippen LogP contribution is -2.19. The van der Waals surface area contributed by atoms with Gasteiger partial charge < -0.3 is 14.3 Å². The zero-order valence-corrected chi connectivity index (χ0v) is 8.83. The van der Waals surface area contributed by atoms with Crippen LogP contribution in [0.4, 0.5) is 0 Å². The summed E-state index contributed by atoms with van der Waals surface area (Å²) in [6, 6.07) is 0. The van der Waals surface area contributed by atoms with Crippen molar-refractivity contribution < 1.29 is 19.1 Å². The maximum atomic E-state index is 10.2. The van der Waals surface area contributed by atoms with Gasteiger partial charge in [-0.05, 0) is 18.8 Å². The van der Waals surface area contributed by atoms with Crippen LogP contribution in [-0.4, -0.2) is 26.3 Å². The summed E-state index contributed by atoms with van der Waals surface area (Å²) >= 11 is 2.41. The van der Waals surface area contributed by atoms with Crippen molar-refractivity contribution in [3.05, 3.63) is 0 Å². The molecule has 0 fully saturated rings. The van der Waals surface area contributed by atoms with Crippen LogP contribution < -0.4 is 0 Å². The summed E-state index contributed by atoms with van der Waals surface area (Å²) in [5, 5.41) is 8.42. The highest BCUT2D eigenvalue weighted by atomic mass is 127. The standard InChI is InChI=1S/C4H8BIO4S/c1-3(4(7)8)2-10-5(6)11-9/h3,9H,2H2,1H3,(H,7,8). The van der Waals surface area contributed by atoms with Crippen LogP contribution in [0.15, 0.2) is 0 Å². The second-order valence-electron chi connectivity index (χ2n) is 1.95. The lowest BCUT2D eigenvalue weighted by molar-refractivity contribution is -0.142. The molecule has 0 aromatic rings. The van der Waals surface area contributed by atoms with E-state index in [1.807, 2.05) is 22.4 Å². The van der Waals surface area contributed by atoms with Crippen molar-refractivity contribution in [2.45, 2.75) is 6.92 Å². The third-order valence-corrected chi connectivity index (χ3v) is 2.33. The molecule has 0 aliphatic rings. The lowest BCUT2D eigenvalue weighted by atomic mass is 10.2. The van der Waals surface area contributed by atoms with E-state index in [-0.39, 0.29) is 6.61 Å². The number of carbonyl (C=O) groups is 1. The van der Waals surface area contributed by atoms with Crippen LogP contribution in [0.2, 0.25) is 0 Å². The molecule has 2 N–H and O–H groups in total. The molecule has 0 radical (unpaired) electrons. The Kier molecular flexibility index (Phi) is 6.39. The van der Waals surface area contributed by atoms with Crippen molar-refractivity contribution in [3.8, 4) is 0 Å². The molecule has 4 nitrogen and oxygen atoms in total. The van der Waals surface area contributed by atoms with Gasteiger partial charge in [-0.3, -0.25) is 4.79 Å². The van der Waals surface area contributed by atoms with Gasteiger partial charge in [0.2, 0.25) is 0 Å². The monoisotopic (exact) mass is 290 g/mol. The predicted molar refractivity (Wildman–Crippen MR) is 52.7 cm³/mol. The molecule has 0 aromatic heterocycles. The van der Waals surface area contributed by atoms with Gasteiger partial charge in [-0.1, -0.05) is 22.4 Å². The minimum Gasteiger partial charge on any atom is -0.481 e. The summed E-state index contributed by atoms with van der Waals surface area (Å²) in [6.07, 6.45) is 0. The van der Waals surface area contributed by atoms with Gasteiger partial charge in [-0.15, -0.1) is 0 Å². The lowest BCUT2D eigenvalue weighted by Gasteiger charge is -2.07. The topological polar surface area (TPSA) is 66.8 Å². The molecule has 0 saturated heterocycles. The highest BCUT2D eigenvalue weighted by Crippen LogP contribution is 2.11. The molecule has 0 aromatic carbocycles. The molecule has 0 amide bonds. The Morgan fingerprint density at radius 1 is 1.91 bits per heavy atom. The molecule has 7 heteroatoms. The number of carboxylic acids is 1. The predicted octanol–water partition coefficient (Wildman–Crippen LogP) is 1.35. The van der Waals surface area contributed by atoms with Crippen molar-refractivity contribution in [2.24, 2.45) is 5.92 Å². The van der Waals surface area contributed by atoms with E-state index in [9.17, 15) is 4.79 Å². The quantitative estimate of drug-likeness (QED) is 0.454. The second-order valence-corrected chi connectivity index (χ2v) is 4.57. The molecule has 0 bridgehead atoms. The highest BCUT2D eigenvalue weighted by Gasteiger charge is 2.16. The minimum absolute atomic E-state index is 0.122. The summed E-state index contributed by atoms with van der Waals surface area (Å²) in [6.45, 7) is 1.67. The maximum Gasteiger partial charge on any atom is 0.462 e. The summed E-state index contributed by atoms with van der Waals surface area (Å²) in [5.74, 6) is -1.42. The highest BCUT2D eigenvalue weighted by molar-refractivity contribution is 14.1. The van der Waals surface area contributed by atoms with Crippen LogP contribution in [0.1, 0.15) is 6.92 Å². The van der Waals surface area contributed by atoms with Crippen molar-refractivity contribution >= 4 is 44.3 Å². The normalized spacial score (nSPS) is 12.6. The molecule has 1 unspecified atom stereocenters. The molecular formula is C4H8BIO4S. The van der Waals surface area contributed by atoms with Gasteiger partial charge >= 0.3 is 10.0 Å². The smallest absolute Gasteiger partial charge is 0.462 e. The summed E-state index contributed by atoms with van der Waals surface area (Å²) in [7, 11) is 0. The first-order valence-electron chi connectivity index (χ1n) is 2.86. The molecular weight excluding hydrogens is 282 g/mol. The maximum absolute atomic E-state index is 10.2. The van der Waals surface area contributed by atoms with Gasteiger partial charge in [0.05, 0.1) is 5.92 Å². The van der Waals surface area contributed by atoms with E-state index in [4.69, 9.17) is 14.3 Å². The molecule has 11 heavy (non-hydrogen) atoms. The molecule has 0 aliphatic carbocycles. The molecule has 0 rings (SSSR count).